The van der Waals surface area contributed by atoms with Crippen molar-refractivity contribution < 1.29 is 23.9 Å². The third-order valence-electron chi connectivity index (χ3n) is 5.31. The molecule has 5 aromatic rings. The number of aromatic nitrogens is 3. The standard InChI is InChI=1S/C25H18ClN3O5/c1-32-22-11-21(34-29-22)24(30)23-18-9-17(19(26)10-20(18)28-25(23)31)15-4-6-16(7-5-15)33-13-14-3-2-8-27-12-14/h2-12,28,31H,13H2,1H3. The van der Waals surface area contributed by atoms with Crippen LogP contribution in [0.25, 0.3) is 22.0 Å². The zero-order chi connectivity index (χ0) is 23.7. The number of ether oxygens (including phenoxy) is 2. The maximum absolute atomic E-state index is 13.0. The number of hydrogen-bond donors (Lipinski definition) is 2. The fourth-order valence-corrected chi connectivity index (χ4v) is 3.89. The third kappa shape index (κ3) is 4.06. The van der Waals surface area contributed by atoms with Crippen molar-refractivity contribution in [2.75, 3.05) is 7.11 Å². The molecule has 0 aliphatic carbocycles. The lowest BCUT2D eigenvalue weighted by atomic mass is 10.0. The summed E-state index contributed by atoms with van der Waals surface area (Å²) in [6.45, 7) is 0.403. The van der Waals surface area contributed by atoms with Crippen LogP contribution in [0.1, 0.15) is 21.7 Å². The van der Waals surface area contributed by atoms with Crippen molar-refractivity contribution in [2.45, 2.75) is 6.61 Å². The molecule has 2 N–H and O–H groups in total. The summed E-state index contributed by atoms with van der Waals surface area (Å²) in [6.07, 6.45) is 3.47. The molecule has 3 heterocycles. The van der Waals surface area contributed by atoms with Crippen molar-refractivity contribution in [1.82, 2.24) is 15.1 Å². The molecule has 5 rings (SSSR count). The van der Waals surface area contributed by atoms with Crippen molar-refractivity contribution in [1.29, 1.82) is 0 Å². The molecule has 9 heteroatoms. The van der Waals surface area contributed by atoms with Gasteiger partial charge in [-0.25, -0.2) is 0 Å². The van der Waals surface area contributed by atoms with E-state index in [1.807, 2.05) is 36.4 Å². The number of aromatic hydroxyl groups is 1. The quantitative estimate of drug-likeness (QED) is 0.303. The van der Waals surface area contributed by atoms with Crippen LogP contribution in [0.2, 0.25) is 5.02 Å². The molecule has 8 nitrogen and oxygen atoms in total. The number of nitrogens with zero attached hydrogens (tertiary/aromatic N) is 2. The molecule has 0 amide bonds. The zero-order valence-corrected chi connectivity index (χ0v) is 18.7. The summed E-state index contributed by atoms with van der Waals surface area (Å²) >= 11 is 6.53. The number of benzene rings is 2. The lowest BCUT2D eigenvalue weighted by Gasteiger charge is -2.09. The number of carbonyl (C=O) groups is 1. The first-order chi connectivity index (χ1) is 16.5. The lowest BCUT2D eigenvalue weighted by molar-refractivity contribution is 0.0999. The van der Waals surface area contributed by atoms with Gasteiger partial charge in [0.15, 0.2) is 0 Å². The zero-order valence-electron chi connectivity index (χ0n) is 17.9. The average molecular weight is 476 g/mol. The van der Waals surface area contributed by atoms with Gasteiger partial charge in [-0.15, -0.1) is 0 Å². The second-order valence-corrected chi connectivity index (χ2v) is 7.87. The van der Waals surface area contributed by atoms with Crippen LogP contribution in [0, 0.1) is 0 Å². The van der Waals surface area contributed by atoms with Gasteiger partial charge in [0.1, 0.15) is 12.4 Å². The molecule has 0 saturated carbocycles. The van der Waals surface area contributed by atoms with Gasteiger partial charge in [-0.1, -0.05) is 29.8 Å². The minimum absolute atomic E-state index is 0.0559. The van der Waals surface area contributed by atoms with Gasteiger partial charge in [-0.3, -0.25) is 9.78 Å². The van der Waals surface area contributed by atoms with E-state index >= 15 is 0 Å². The highest BCUT2D eigenvalue weighted by Crippen LogP contribution is 2.37. The van der Waals surface area contributed by atoms with E-state index in [9.17, 15) is 9.90 Å². The van der Waals surface area contributed by atoms with Crippen molar-refractivity contribution in [2.24, 2.45) is 0 Å². The molecule has 0 fully saturated rings. The van der Waals surface area contributed by atoms with E-state index in [2.05, 4.69) is 15.1 Å². The normalized spacial score (nSPS) is 11.0. The Kier molecular flexibility index (Phi) is 5.65. The Morgan fingerprint density at radius 1 is 1.18 bits per heavy atom. The number of ketones is 1. The summed E-state index contributed by atoms with van der Waals surface area (Å²) in [4.78, 5) is 19.9. The predicted octanol–water partition coefficient (Wildman–Crippen LogP) is 5.40. The molecule has 0 aliphatic heterocycles. The Bertz CT molecular complexity index is 1480. The molecule has 0 radical (unpaired) electrons. The van der Waals surface area contributed by atoms with E-state index < -0.39 is 5.78 Å². The van der Waals surface area contributed by atoms with Gasteiger partial charge < -0.3 is 24.1 Å². The number of methoxy groups -OCH3 is 1. The first-order valence-electron chi connectivity index (χ1n) is 10.2. The molecule has 0 saturated heterocycles. The number of fused-ring (bicyclic) bond motifs is 1. The Labute approximate surface area is 198 Å². The van der Waals surface area contributed by atoms with Gasteiger partial charge in [0.25, 0.3) is 5.88 Å². The number of nitrogens with one attached hydrogen (secondary N) is 1. The van der Waals surface area contributed by atoms with Gasteiger partial charge in [-0.05, 0) is 41.1 Å². The maximum Gasteiger partial charge on any atom is 0.254 e. The number of halogens is 1. The van der Waals surface area contributed by atoms with E-state index in [-0.39, 0.29) is 23.1 Å². The summed E-state index contributed by atoms with van der Waals surface area (Å²) in [5.74, 6) is -0.0224. The molecule has 0 bridgehead atoms. The molecule has 0 spiro atoms. The second-order valence-electron chi connectivity index (χ2n) is 7.46. The van der Waals surface area contributed by atoms with Gasteiger partial charge in [0.05, 0.1) is 29.3 Å². The second kappa shape index (κ2) is 8.92. The van der Waals surface area contributed by atoms with Gasteiger partial charge in [-0.2, -0.15) is 0 Å². The number of H-pyrrole nitrogens is 1. The predicted molar refractivity (Wildman–Crippen MR) is 125 cm³/mol. The number of hydrogen-bond acceptors (Lipinski definition) is 7. The van der Waals surface area contributed by atoms with Crippen LogP contribution in [0.4, 0.5) is 0 Å². The molecule has 2 aromatic carbocycles. The Balaban J connectivity index is 1.46. The van der Waals surface area contributed by atoms with Gasteiger partial charge in [0, 0.05) is 28.9 Å². The van der Waals surface area contributed by atoms with Crippen LogP contribution in [0.3, 0.4) is 0 Å². The fraction of sp³-hybridized carbons (Fsp3) is 0.0800. The molecule has 0 unspecified atom stereocenters. The van der Waals surface area contributed by atoms with Crippen molar-refractivity contribution >= 4 is 28.3 Å². The SMILES string of the molecule is COc1cc(C(=O)c2c(O)[nH]c3cc(Cl)c(-c4ccc(OCc5cccnc5)cc4)cc23)on1. The van der Waals surface area contributed by atoms with Crippen LogP contribution < -0.4 is 9.47 Å². The molecular formula is C25H18ClN3O5. The minimum Gasteiger partial charge on any atom is -0.494 e. The van der Waals surface area contributed by atoms with E-state index in [4.69, 9.17) is 25.6 Å². The molecule has 0 atom stereocenters. The third-order valence-corrected chi connectivity index (χ3v) is 5.62. The first kappa shape index (κ1) is 21.5. The van der Waals surface area contributed by atoms with Gasteiger partial charge in [0.2, 0.25) is 17.4 Å². The lowest BCUT2D eigenvalue weighted by Crippen LogP contribution is -1.99. The fourth-order valence-electron chi connectivity index (χ4n) is 3.62. The Morgan fingerprint density at radius 3 is 2.71 bits per heavy atom. The van der Waals surface area contributed by atoms with E-state index in [1.54, 1.807) is 24.5 Å². The maximum atomic E-state index is 13.0. The smallest absolute Gasteiger partial charge is 0.254 e. The number of rotatable bonds is 7. The summed E-state index contributed by atoms with van der Waals surface area (Å²) in [6, 6.07) is 16.0. The average Bonchev–Trinajstić information content (AvgIpc) is 3.46. The highest BCUT2D eigenvalue weighted by atomic mass is 35.5. The van der Waals surface area contributed by atoms with E-state index in [1.165, 1.54) is 13.2 Å². The summed E-state index contributed by atoms with van der Waals surface area (Å²) in [5.41, 5.74) is 3.05. The number of carbonyl (C=O) groups excluding carboxylic acids is 1. The van der Waals surface area contributed by atoms with E-state index in [0.717, 1.165) is 11.1 Å². The number of aromatic amines is 1. The monoisotopic (exact) mass is 475 g/mol. The Hall–Kier alpha value is -4.30. The first-order valence-corrected chi connectivity index (χ1v) is 10.6. The summed E-state index contributed by atoms with van der Waals surface area (Å²) in [7, 11) is 1.42. The molecule has 170 valence electrons. The highest BCUT2D eigenvalue weighted by Gasteiger charge is 2.25. The molecule has 34 heavy (non-hydrogen) atoms. The highest BCUT2D eigenvalue weighted by molar-refractivity contribution is 6.34. The minimum atomic E-state index is -0.535. The van der Waals surface area contributed by atoms with Crippen LogP contribution in [0.15, 0.2) is 71.5 Å². The van der Waals surface area contributed by atoms with Crippen LogP contribution >= 0.6 is 11.6 Å². The van der Waals surface area contributed by atoms with Crippen LogP contribution in [0.5, 0.6) is 17.5 Å². The van der Waals surface area contributed by atoms with Gasteiger partial charge >= 0.3 is 0 Å². The van der Waals surface area contributed by atoms with Crippen molar-refractivity contribution in [3.05, 3.63) is 88.9 Å². The molecular weight excluding hydrogens is 458 g/mol. The summed E-state index contributed by atoms with van der Waals surface area (Å²) in [5, 5.41) is 15.0. The van der Waals surface area contributed by atoms with Crippen molar-refractivity contribution in [3.63, 3.8) is 0 Å². The summed E-state index contributed by atoms with van der Waals surface area (Å²) < 4.78 is 15.8. The molecule has 0 aliphatic rings. The van der Waals surface area contributed by atoms with Crippen molar-refractivity contribution in [3.8, 4) is 28.6 Å². The molecule has 3 aromatic heterocycles. The topological polar surface area (TPSA) is 110 Å². The largest absolute Gasteiger partial charge is 0.494 e. The van der Waals surface area contributed by atoms with Crippen LogP contribution in [-0.4, -0.2) is 33.1 Å². The number of pyridine rings is 1. The Morgan fingerprint density at radius 2 is 2.00 bits per heavy atom. The van der Waals surface area contributed by atoms with Crippen LogP contribution in [-0.2, 0) is 6.61 Å². The van der Waals surface area contributed by atoms with E-state index in [0.29, 0.717) is 33.8 Å².